The van der Waals surface area contributed by atoms with E-state index in [1.807, 2.05) is 32.0 Å². The van der Waals surface area contributed by atoms with Gasteiger partial charge in [0.1, 0.15) is 29.5 Å². The van der Waals surface area contributed by atoms with Crippen LogP contribution in [0.15, 0.2) is 47.3 Å². The molecule has 0 aliphatic carbocycles. The van der Waals surface area contributed by atoms with Crippen molar-refractivity contribution in [2.45, 2.75) is 71.2 Å². The molecular weight excluding hydrogens is 440 g/mol. The number of hydrogen-bond donors (Lipinski definition) is 1. The van der Waals surface area contributed by atoms with Crippen LogP contribution in [-0.2, 0) is 25.7 Å². The Balaban J connectivity index is 2.10. The van der Waals surface area contributed by atoms with Crippen molar-refractivity contribution in [3.63, 3.8) is 0 Å². The molecule has 9 nitrogen and oxygen atoms in total. The molecule has 2 heterocycles. The number of aromatic nitrogens is 1. The molecule has 1 aromatic heterocycles. The van der Waals surface area contributed by atoms with Crippen molar-refractivity contribution in [3.8, 4) is 0 Å². The molecule has 1 fully saturated rings. The zero-order valence-electron chi connectivity index (χ0n) is 20.2. The fourth-order valence-corrected chi connectivity index (χ4v) is 4.51. The average molecular weight is 473 g/mol. The van der Waals surface area contributed by atoms with E-state index in [1.54, 1.807) is 32.9 Å². The van der Waals surface area contributed by atoms with E-state index < -0.39 is 41.1 Å². The summed E-state index contributed by atoms with van der Waals surface area (Å²) in [4.78, 5) is 44.7. The molecule has 1 N–H and O–H groups in total. The molecule has 0 radical (unpaired) electrons. The predicted octanol–water partition coefficient (Wildman–Crippen LogP) is 4.59. The minimum atomic E-state index is -1.56. The SMILES string of the molecule is CC(C)C[C@]1(C(=O)OC(C)(C)C)C[C@H](C(=O)O)[C@H](c2cnco2)N1C(=O)OCc1ccccc1. The van der Waals surface area contributed by atoms with Crippen molar-refractivity contribution in [2.24, 2.45) is 11.8 Å². The number of ether oxygens (including phenoxy) is 2. The second-order valence-electron chi connectivity index (χ2n) is 10.0. The monoisotopic (exact) mass is 472 g/mol. The Morgan fingerprint density at radius 2 is 1.91 bits per heavy atom. The number of likely N-dealkylation sites (tertiary alicyclic amines) is 1. The maximum Gasteiger partial charge on any atom is 0.411 e. The smallest absolute Gasteiger partial charge is 0.411 e. The predicted molar refractivity (Wildman–Crippen MR) is 121 cm³/mol. The highest BCUT2D eigenvalue weighted by Gasteiger charge is 2.63. The van der Waals surface area contributed by atoms with E-state index in [0.29, 0.717) is 0 Å². The second kappa shape index (κ2) is 9.87. The zero-order chi connectivity index (χ0) is 25.1. The number of carbonyl (C=O) groups excluding carboxylic acids is 2. The highest BCUT2D eigenvalue weighted by Crippen LogP contribution is 2.51. The Morgan fingerprint density at radius 1 is 1.24 bits per heavy atom. The van der Waals surface area contributed by atoms with Crippen LogP contribution in [0.5, 0.6) is 0 Å². The van der Waals surface area contributed by atoms with Crippen LogP contribution in [0.2, 0.25) is 0 Å². The number of benzene rings is 1. The van der Waals surface area contributed by atoms with E-state index in [4.69, 9.17) is 13.9 Å². The first-order valence-electron chi connectivity index (χ1n) is 11.3. The average Bonchev–Trinajstić information content (AvgIpc) is 3.38. The normalized spacial score (nSPS) is 22.6. The number of amides is 1. The Kier molecular flexibility index (Phi) is 7.33. The molecule has 0 bridgehead atoms. The van der Waals surface area contributed by atoms with Crippen molar-refractivity contribution in [1.29, 1.82) is 0 Å². The third-order valence-corrected chi connectivity index (χ3v) is 5.66. The van der Waals surface area contributed by atoms with E-state index in [0.717, 1.165) is 12.0 Å². The van der Waals surface area contributed by atoms with Crippen LogP contribution >= 0.6 is 0 Å². The molecule has 9 heteroatoms. The third-order valence-electron chi connectivity index (χ3n) is 5.66. The van der Waals surface area contributed by atoms with Gasteiger partial charge in [-0.1, -0.05) is 44.2 Å². The van der Waals surface area contributed by atoms with Crippen LogP contribution < -0.4 is 0 Å². The molecule has 0 saturated carbocycles. The van der Waals surface area contributed by atoms with E-state index in [9.17, 15) is 19.5 Å². The van der Waals surface area contributed by atoms with Gasteiger partial charge in [0.2, 0.25) is 0 Å². The van der Waals surface area contributed by atoms with Crippen LogP contribution in [-0.4, -0.2) is 44.2 Å². The van der Waals surface area contributed by atoms with Crippen LogP contribution in [0.1, 0.15) is 64.8 Å². The first-order valence-corrected chi connectivity index (χ1v) is 11.3. The summed E-state index contributed by atoms with van der Waals surface area (Å²) in [6, 6.07) is 8.01. The van der Waals surface area contributed by atoms with Crippen molar-refractivity contribution in [3.05, 3.63) is 54.2 Å². The molecule has 1 aliphatic rings. The summed E-state index contributed by atoms with van der Waals surface area (Å²) in [5.74, 6) is -2.84. The lowest BCUT2D eigenvalue weighted by Gasteiger charge is -2.40. The summed E-state index contributed by atoms with van der Waals surface area (Å²) in [6.45, 7) is 8.94. The lowest BCUT2D eigenvalue weighted by atomic mass is 9.83. The van der Waals surface area contributed by atoms with Gasteiger partial charge in [-0.05, 0) is 45.1 Å². The van der Waals surface area contributed by atoms with Crippen molar-refractivity contribution in [1.82, 2.24) is 9.88 Å². The molecule has 1 aliphatic heterocycles. The summed E-state index contributed by atoms with van der Waals surface area (Å²) in [5.41, 5.74) is -1.65. The molecular formula is C25H32N2O7. The molecule has 2 aromatic rings. The minimum Gasteiger partial charge on any atom is -0.481 e. The number of oxazole rings is 1. The number of carbonyl (C=O) groups is 3. The van der Waals surface area contributed by atoms with Gasteiger partial charge < -0.3 is 19.0 Å². The van der Waals surface area contributed by atoms with Crippen LogP contribution in [0.3, 0.4) is 0 Å². The van der Waals surface area contributed by atoms with Crippen LogP contribution in [0, 0.1) is 11.8 Å². The number of carboxylic acid groups (broad SMARTS) is 1. The molecule has 0 unspecified atom stereocenters. The van der Waals surface area contributed by atoms with Crippen LogP contribution in [0.25, 0.3) is 0 Å². The van der Waals surface area contributed by atoms with Crippen LogP contribution in [0.4, 0.5) is 4.79 Å². The summed E-state index contributed by atoms with van der Waals surface area (Å²) < 4.78 is 16.8. The maximum absolute atomic E-state index is 13.7. The lowest BCUT2D eigenvalue weighted by molar-refractivity contribution is -0.169. The fourth-order valence-electron chi connectivity index (χ4n) is 4.51. The number of aliphatic carboxylic acids is 1. The quantitative estimate of drug-likeness (QED) is 0.581. The van der Waals surface area contributed by atoms with Crippen molar-refractivity contribution in [2.75, 3.05) is 0 Å². The number of nitrogens with zero attached hydrogens (tertiary/aromatic N) is 2. The molecule has 184 valence electrons. The Hall–Kier alpha value is -3.36. The number of carboxylic acids is 1. The minimum absolute atomic E-state index is 0.0386. The van der Waals surface area contributed by atoms with Gasteiger partial charge in [0.05, 0.1) is 12.1 Å². The first-order chi connectivity index (χ1) is 15.9. The molecule has 34 heavy (non-hydrogen) atoms. The summed E-state index contributed by atoms with van der Waals surface area (Å²) >= 11 is 0. The molecule has 1 aromatic carbocycles. The highest BCUT2D eigenvalue weighted by molar-refractivity contribution is 5.89. The highest BCUT2D eigenvalue weighted by atomic mass is 16.6. The zero-order valence-corrected chi connectivity index (χ0v) is 20.2. The Morgan fingerprint density at radius 3 is 2.44 bits per heavy atom. The number of rotatable bonds is 7. The van der Waals surface area contributed by atoms with Gasteiger partial charge in [0.15, 0.2) is 6.39 Å². The molecule has 1 saturated heterocycles. The van der Waals surface area contributed by atoms with E-state index in [1.165, 1.54) is 11.1 Å². The number of hydrogen-bond acceptors (Lipinski definition) is 7. The maximum atomic E-state index is 13.7. The van der Waals surface area contributed by atoms with Gasteiger partial charge in [-0.25, -0.2) is 14.6 Å². The van der Waals surface area contributed by atoms with E-state index >= 15 is 0 Å². The van der Waals surface area contributed by atoms with Gasteiger partial charge in [0.25, 0.3) is 0 Å². The molecule has 3 rings (SSSR count). The van der Waals surface area contributed by atoms with E-state index in [-0.39, 0.29) is 31.1 Å². The van der Waals surface area contributed by atoms with Crippen molar-refractivity contribution < 1.29 is 33.4 Å². The van der Waals surface area contributed by atoms with Gasteiger partial charge in [0, 0.05) is 0 Å². The summed E-state index contributed by atoms with van der Waals surface area (Å²) in [7, 11) is 0. The largest absolute Gasteiger partial charge is 0.481 e. The fraction of sp³-hybridized carbons (Fsp3) is 0.520. The van der Waals surface area contributed by atoms with Gasteiger partial charge in [-0.15, -0.1) is 0 Å². The molecule has 1 amide bonds. The van der Waals surface area contributed by atoms with E-state index in [2.05, 4.69) is 4.98 Å². The number of esters is 1. The van der Waals surface area contributed by atoms with Crippen molar-refractivity contribution >= 4 is 18.0 Å². The summed E-state index contributed by atoms with van der Waals surface area (Å²) in [5, 5.41) is 10.1. The standard InChI is InChI=1S/C25H32N2O7/c1-16(2)11-25(22(30)34-24(3,4)5)12-18(21(28)29)20(19-13-26-15-33-19)27(25)23(31)32-14-17-9-7-6-8-10-17/h6-10,13,15-16,18,20H,11-12,14H2,1-5H3,(H,28,29)/t18-,20+,25+/m0/s1. The van der Waals surface area contributed by atoms with Gasteiger partial charge >= 0.3 is 18.0 Å². The molecule has 0 spiro atoms. The second-order valence-corrected chi connectivity index (χ2v) is 10.0. The lowest BCUT2D eigenvalue weighted by Crippen LogP contribution is -2.56. The third kappa shape index (κ3) is 5.40. The summed E-state index contributed by atoms with van der Waals surface area (Å²) in [6.07, 6.45) is 1.76. The Bertz CT molecular complexity index is 998. The topological polar surface area (TPSA) is 119 Å². The molecule has 3 atom stereocenters. The van der Waals surface area contributed by atoms with Gasteiger partial charge in [-0.3, -0.25) is 9.69 Å². The Labute approximate surface area is 199 Å². The first kappa shape index (κ1) is 25.3. The van der Waals surface area contributed by atoms with Gasteiger partial charge in [-0.2, -0.15) is 0 Å².